The van der Waals surface area contributed by atoms with Crippen molar-refractivity contribution in [3.8, 4) is 0 Å². The Labute approximate surface area is 178 Å². The van der Waals surface area contributed by atoms with Gasteiger partial charge in [-0.15, -0.1) is 0 Å². The van der Waals surface area contributed by atoms with Crippen LogP contribution in [0.1, 0.15) is 12.8 Å². The van der Waals surface area contributed by atoms with E-state index in [9.17, 15) is 0 Å². The van der Waals surface area contributed by atoms with Crippen LogP contribution in [0.3, 0.4) is 0 Å². The molecule has 0 aliphatic carbocycles. The van der Waals surface area contributed by atoms with Crippen LogP contribution in [-0.4, -0.2) is 87.2 Å². The van der Waals surface area contributed by atoms with Crippen molar-refractivity contribution in [1.82, 2.24) is 0 Å². The van der Waals surface area contributed by atoms with Crippen LogP contribution in [-0.2, 0) is 45.3 Å². The summed E-state index contributed by atoms with van der Waals surface area (Å²) in [4.78, 5) is 43.2. The van der Waals surface area contributed by atoms with Gasteiger partial charge in [-0.3, -0.25) is 0 Å². The van der Waals surface area contributed by atoms with Crippen molar-refractivity contribution in [3.63, 3.8) is 0 Å². The molecule has 0 fully saturated rings. The molecule has 15 nitrogen and oxygen atoms in total. The van der Waals surface area contributed by atoms with E-state index < -0.39 is 17.6 Å². The summed E-state index contributed by atoms with van der Waals surface area (Å²) >= 11 is 0. The number of nitrogens with two attached hydrogens (primary N) is 2. The van der Waals surface area contributed by atoms with Gasteiger partial charge >= 0.3 is 58.5 Å². The first kappa shape index (κ1) is 45.0. The fraction of sp³-hybridized carbons (Fsp3) is 0.714. The first-order valence-corrected chi connectivity index (χ1v) is 9.63. The molecule has 0 atom stereocenters. The average molecular weight is 613 g/mol. The Balaban J connectivity index is -0.0000000467. The summed E-state index contributed by atoms with van der Waals surface area (Å²) in [5.74, 6) is -0.170. The second kappa shape index (κ2) is 23.0. The van der Waals surface area contributed by atoms with Crippen molar-refractivity contribution in [2.24, 2.45) is 21.8 Å². The second-order valence-corrected chi connectivity index (χ2v) is 8.35. The van der Waals surface area contributed by atoms with Crippen molar-refractivity contribution in [2.45, 2.75) is 24.9 Å². The van der Waals surface area contributed by atoms with Gasteiger partial charge < -0.3 is 66.7 Å². The molecule has 26 heavy (non-hydrogen) atoms. The van der Waals surface area contributed by atoms with Crippen LogP contribution >= 0.6 is 0 Å². The molecular weight excluding hydrogens is 585 g/mol. The van der Waals surface area contributed by atoms with Gasteiger partial charge in [-0.25, -0.2) is 0 Å². The number of hydrogen-bond donors (Lipinski definition) is 9. The van der Waals surface area contributed by atoms with Gasteiger partial charge in [0.25, 0.3) is 0 Å². The predicted octanol–water partition coefficient (Wildman–Crippen LogP) is -5.75. The van der Waals surface area contributed by atoms with Gasteiger partial charge in [0.15, 0.2) is 0 Å². The molecule has 0 heterocycles. The van der Waals surface area contributed by atoms with E-state index in [2.05, 4.69) is 14.7 Å². The molecule has 0 aromatic rings. The van der Waals surface area contributed by atoms with Crippen LogP contribution in [0.15, 0.2) is 10.3 Å². The molecule has 0 spiro atoms. The maximum atomic E-state index is 8.95. The minimum absolute atomic E-state index is 0. The quantitative estimate of drug-likeness (QED) is 0.0431. The van der Waals surface area contributed by atoms with Gasteiger partial charge in [0.05, 0.1) is 0 Å². The molecule has 0 radical (unpaired) electrons. The van der Waals surface area contributed by atoms with E-state index >= 15 is 0 Å². The fourth-order valence-corrected chi connectivity index (χ4v) is 2.17. The molecule has 17 N–H and O–H groups in total. The van der Waals surface area contributed by atoms with E-state index in [1.54, 1.807) is 0 Å². The Hall–Kier alpha value is -0.0616. The number of nitrogens with zero attached hydrogens (tertiary/aromatic N) is 2. The fourth-order valence-electron chi connectivity index (χ4n) is 0.789. The van der Waals surface area contributed by atoms with E-state index in [0.717, 1.165) is 0 Å². The zero-order chi connectivity index (χ0) is 17.1. The molecule has 0 unspecified atom stereocenters. The van der Waals surface area contributed by atoms with Gasteiger partial charge in [0, 0.05) is 32.0 Å². The number of rotatable bonds is 7. The molecule has 0 rings (SSSR count). The molecule has 0 saturated heterocycles. The molecule has 166 valence electrons. The van der Waals surface area contributed by atoms with Crippen molar-refractivity contribution < 1.29 is 96.1 Å². The monoisotopic (exact) mass is 612 g/mol. The van der Waals surface area contributed by atoms with E-state index in [1.807, 2.05) is 0 Å². The molecule has 0 aliphatic heterocycles. The van der Waals surface area contributed by atoms with Crippen LogP contribution in [0.4, 0.5) is 0 Å². The molecular formula is C7H28N4O11Pd2Si2+4. The number of amidine groups is 2. The molecule has 0 amide bonds. The Kier molecular flexibility index (Phi) is 39.8. The first-order chi connectivity index (χ1) is 9.47. The van der Waals surface area contributed by atoms with Gasteiger partial charge in [-0.05, 0) is 0 Å². The van der Waals surface area contributed by atoms with Crippen molar-refractivity contribution in [3.05, 3.63) is 0 Å². The summed E-state index contributed by atoms with van der Waals surface area (Å²) in [6, 6.07) is -0.248. The van der Waals surface area contributed by atoms with Crippen molar-refractivity contribution in [2.75, 3.05) is 7.11 Å². The maximum absolute atomic E-state index is 8.95. The third-order valence-electron chi connectivity index (χ3n) is 2.01. The van der Waals surface area contributed by atoms with Gasteiger partial charge in [0.2, 0.25) is 0 Å². The minimum atomic E-state index is -4.01. The molecule has 0 aromatic heterocycles. The van der Waals surface area contributed by atoms with Crippen LogP contribution < -0.4 is 11.5 Å². The van der Waals surface area contributed by atoms with Crippen molar-refractivity contribution in [1.29, 1.82) is 0 Å². The van der Waals surface area contributed by atoms with Gasteiger partial charge in [-0.2, -0.15) is 0 Å². The summed E-state index contributed by atoms with van der Waals surface area (Å²) in [7, 11) is -6.33. The second-order valence-electron chi connectivity index (χ2n) is 3.90. The summed E-state index contributed by atoms with van der Waals surface area (Å²) in [6.07, 6.45) is 0.0930. The molecule has 0 aliphatic rings. The van der Waals surface area contributed by atoms with Crippen LogP contribution in [0.5, 0.6) is 0 Å². The smallest absolute Gasteiger partial charge is 0.412 e. The summed E-state index contributed by atoms with van der Waals surface area (Å²) < 4.78 is 4.39. The third-order valence-corrected chi connectivity index (χ3v) is 4.48. The van der Waals surface area contributed by atoms with Gasteiger partial charge in [-0.1, -0.05) is 10.3 Å². The van der Waals surface area contributed by atoms with Gasteiger partial charge in [0.1, 0.15) is 11.7 Å². The average Bonchev–Trinajstić information content (AvgIpc) is 2.42. The first-order valence-electron chi connectivity index (χ1n) is 5.57. The number of hydrogen-bond acceptors (Lipinski definition) is 10. The topological polar surface area (TPSA) is 322 Å². The Morgan fingerprint density at radius 1 is 0.808 bits per heavy atom. The molecule has 0 saturated carbocycles. The van der Waals surface area contributed by atoms with E-state index in [4.69, 9.17) is 45.9 Å². The summed E-state index contributed by atoms with van der Waals surface area (Å²) in [6.45, 7) is 0. The summed E-state index contributed by atoms with van der Waals surface area (Å²) in [5.41, 5.74) is 10.0. The van der Waals surface area contributed by atoms with E-state index in [0.29, 0.717) is 0 Å². The van der Waals surface area contributed by atoms with E-state index in [-0.39, 0.29) is 93.9 Å². The molecule has 0 bridgehead atoms. The SMILES string of the molecule is CO[Si](O)(O)CC/C(N)=N/O.N/C(CC[Si](O)(O)O)=N\O.O.O.O.[Pd+2].[Pd+2]. The van der Waals surface area contributed by atoms with Crippen molar-refractivity contribution >= 4 is 29.3 Å². The molecule has 0 aromatic carbocycles. The third kappa shape index (κ3) is 35.1. The number of oxime groups is 2. The molecule has 19 heteroatoms. The predicted molar refractivity (Wildman–Crippen MR) is 86.1 cm³/mol. The Morgan fingerprint density at radius 3 is 1.35 bits per heavy atom. The largest absolute Gasteiger partial charge is 2.00 e. The van der Waals surface area contributed by atoms with Crippen LogP contribution in [0, 0.1) is 0 Å². The van der Waals surface area contributed by atoms with Crippen LogP contribution in [0.25, 0.3) is 0 Å². The normalized spacial score (nSPS) is 11.0. The van der Waals surface area contributed by atoms with Crippen LogP contribution in [0.2, 0.25) is 12.1 Å². The zero-order valence-electron chi connectivity index (χ0n) is 13.5. The van der Waals surface area contributed by atoms with E-state index in [1.165, 1.54) is 7.11 Å². The zero-order valence-corrected chi connectivity index (χ0v) is 18.7. The maximum Gasteiger partial charge on any atom is 2.00 e. The minimum Gasteiger partial charge on any atom is -0.412 e. The Bertz CT molecular complexity index is 360. The Morgan fingerprint density at radius 2 is 1.12 bits per heavy atom. The summed E-state index contributed by atoms with van der Waals surface area (Å²) in [5, 5.41) is 21.3. The standard InChI is InChI=1S/C4H12N2O4Si.C3H10N2O4Si.3H2O.2Pd/c1-10-11(8,9)3-2-4(5)6-7;4-3(5-6)1-2-10(7,8)9;;;;;/h7-9H,2-3H2,1H3,(H2,5,6);6-9H,1-2H2,(H2,4,5);3*1H2;;/q;;;;;2*+2.